The van der Waals surface area contributed by atoms with Gasteiger partial charge in [-0.25, -0.2) is 4.79 Å². The van der Waals surface area contributed by atoms with Gasteiger partial charge in [0.05, 0.1) is 19.2 Å². The lowest BCUT2D eigenvalue weighted by atomic mass is 10.0. The molecule has 0 aromatic carbocycles. The zero-order chi connectivity index (χ0) is 18.6. The number of carbonyl (C=O) groups excluding carboxylic acids is 2. The lowest BCUT2D eigenvalue weighted by molar-refractivity contribution is -0.125. The molecule has 1 N–H and O–H groups in total. The third kappa shape index (κ3) is 4.50. The molecule has 0 aliphatic carbocycles. The van der Waals surface area contributed by atoms with Crippen molar-refractivity contribution in [3.8, 4) is 5.75 Å². The molecular weight excluding hydrogens is 344 g/mol. The number of nitrogens with one attached hydrogen (secondary N) is 1. The van der Waals surface area contributed by atoms with Gasteiger partial charge >= 0.3 is 5.63 Å². The quantitative estimate of drug-likeness (QED) is 0.793. The van der Waals surface area contributed by atoms with E-state index in [-0.39, 0.29) is 11.7 Å². The SMILES string of the molecule is CCC[C@@H](NC(=O)[C@]1(C)CSC(C(C)=O)=N1)c1cc(OC)cc(=O)o1. The number of methoxy groups -OCH3 is 1. The van der Waals surface area contributed by atoms with Crippen LogP contribution in [0.3, 0.4) is 0 Å². The number of ether oxygens (including phenoxy) is 1. The lowest BCUT2D eigenvalue weighted by Gasteiger charge is -2.24. The third-order valence-corrected chi connectivity index (χ3v) is 5.21. The van der Waals surface area contributed by atoms with Crippen molar-refractivity contribution in [2.24, 2.45) is 4.99 Å². The molecule has 0 bridgehead atoms. The Hall–Kier alpha value is -2.09. The number of amides is 1. The normalized spacial score (nSPS) is 20.7. The minimum Gasteiger partial charge on any atom is -0.496 e. The third-order valence-electron chi connectivity index (χ3n) is 3.85. The van der Waals surface area contributed by atoms with Gasteiger partial charge in [-0.3, -0.25) is 14.6 Å². The van der Waals surface area contributed by atoms with E-state index in [1.165, 1.54) is 31.9 Å². The first-order valence-electron chi connectivity index (χ1n) is 8.02. The van der Waals surface area contributed by atoms with Crippen molar-refractivity contribution in [3.63, 3.8) is 0 Å². The Morgan fingerprint density at radius 2 is 2.20 bits per heavy atom. The molecule has 8 heteroatoms. The zero-order valence-electron chi connectivity index (χ0n) is 14.8. The summed E-state index contributed by atoms with van der Waals surface area (Å²) in [5.41, 5.74) is -1.55. The molecular formula is C17H22N2O5S. The Morgan fingerprint density at radius 1 is 1.48 bits per heavy atom. The minimum absolute atomic E-state index is 0.148. The maximum Gasteiger partial charge on any atom is 0.339 e. The molecule has 1 amide bonds. The summed E-state index contributed by atoms with van der Waals surface area (Å²) in [6, 6.07) is 2.36. The van der Waals surface area contributed by atoms with Crippen molar-refractivity contribution in [2.45, 2.75) is 45.2 Å². The van der Waals surface area contributed by atoms with Gasteiger partial charge in [0.25, 0.3) is 0 Å². The highest BCUT2D eigenvalue weighted by Gasteiger charge is 2.40. The summed E-state index contributed by atoms with van der Waals surface area (Å²) in [4.78, 5) is 40.2. The first-order valence-corrected chi connectivity index (χ1v) is 9.01. The zero-order valence-corrected chi connectivity index (χ0v) is 15.6. The summed E-state index contributed by atoms with van der Waals surface area (Å²) in [6.07, 6.45) is 1.37. The van der Waals surface area contributed by atoms with Crippen LogP contribution in [-0.2, 0) is 9.59 Å². The second-order valence-corrected chi connectivity index (χ2v) is 7.03. The Bertz CT molecular complexity index is 758. The highest BCUT2D eigenvalue weighted by atomic mass is 32.2. The molecule has 0 fully saturated rings. The summed E-state index contributed by atoms with van der Waals surface area (Å²) in [6.45, 7) is 5.09. The predicted molar refractivity (Wildman–Crippen MR) is 96.3 cm³/mol. The Kier molecular flexibility index (Phi) is 6.05. The van der Waals surface area contributed by atoms with Crippen LogP contribution in [0, 0.1) is 0 Å². The molecule has 1 aromatic heterocycles. The second-order valence-electron chi connectivity index (χ2n) is 6.07. The maximum absolute atomic E-state index is 12.7. The Morgan fingerprint density at radius 3 is 2.76 bits per heavy atom. The standard InChI is InChI=1S/C17H22N2O5S/c1-5-6-12(13-7-11(23-4)8-14(21)24-13)18-16(22)17(3)9-25-15(19-17)10(2)20/h7-8,12H,5-6,9H2,1-4H3,(H,18,22)/t12-,17+/m1/s1. The van der Waals surface area contributed by atoms with Gasteiger partial charge in [-0.2, -0.15) is 0 Å². The largest absolute Gasteiger partial charge is 0.496 e. The van der Waals surface area contributed by atoms with Gasteiger partial charge in [-0.1, -0.05) is 13.3 Å². The molecule has 0 saturated heterocycles. The number of nitrogens with zero attached hydrogens (tertiary/aromatic N) is 1. The molecule has 2 atom stereocenters. The highest BCUT2D eigenvalue weighted by molar-refractivity contribution is 8.16. The van der Waals surface area contributed by atoms with Gasteiger partial charge < -0.3 is 14.5 Å². The Labute approximate surface area is 150 Å². The number of Topliss-reactive ketones (excluding diaryl/α,β-unsaturated/α-hetero) is 1. The van der Waals surface area contributed by atoms with Crippen LogP contribution in [0.25, 0.3) is 0 Å². The molecule has 136 valence electrons. The summed E-state index contributed by atoms with van der Waals surface area (Å²) in [5.74, 6) is 0.658. The fourth-order valence-corrected chi connectivity index (χ4v) is 3.53. The summed E-state index contributed by atoms with van der Waals surface area (Å²) in [7, 11) is 1.46. The van der Waals surface area contributed by atoms with E-state index in [0.29, 0.717) is 28.7 Å². The van der Waals surface area contributed by atoms with E-state index in [4.69, 9.17) is 9.15 Å². The average molecular weight is 366 g/mol. The topological polar surface area (TPSA) is 98.0 Å². The molecule has 7 nitrogen and oxygen atoms in total. The van der Waals surface area contributed by atoms with Gasteiger partial charge in [0.2, 0.25) is 5.91 Å². The van der Waals surface area contributed by atoms with E-state index in [1.807, 2.05) is 6.92 Å². The number of aliphatic imine (C=N–C) groups is 1. The molecule has 0 spiro atoms. The van der Waals surface area contributed by atoms with Gasteiger partial charge in [-0.05, 0) is 13.3 Å². The molecule has 1 aliphatic rings. The highest BCUT2D eigenvalue weighted by Crippen LogP contribution is 2.30. The number of carbonyl (C=O) groups is 2. The molecule has 2 heterocycles. The maximum atomic E-state index is 12.7. The van der Waals surface area contributed by atoms with Crippen molar-refractivity contribution in [2.75, 3.05) is 12.9 Å². The van der Waals surface area contributed by atoms with Crippen molar-refractivity contribution in [1.82, 2.24) is 5.32 Å². The van der Waals surface area contributed by atoms with Crippen LogP contribution in [0.5, 0.6) is 5.75 Å². The van der Waals surface area contributed by atoms with E-state index in [1.54, 1.807) is 13.0 Å². The molecule has 0 unspecified atom stereocenters. The molecule has 0 radical (unpaired) electrons. The van der Waals surface area contributed by atoms with Crippen LogP contribution in [0.15, 0.2) is 26.3 Å². The predicted octanol–water partition coefficient (Wildman–Crippen LogP) is 2.10. The number of ketones is 1. The first kappa shape index (κ1) is 19.2. The van der Waals surface area contributed by atoms with E-state index in [9.17, 15) is 14.4 Å². The van der Waals surface area contributed by atoms with Crippen LogP contribution in [0.2, 0.25) is 0 Å². The number of rotatable bonds is 7. The van der Waals surface area contributed by atoms with Crippen molar-refractivity contribution >= 4 is 28.5 Å². The number of thioether (sulfide) groups is 1. The van der Waals surface area contributed by atoms with E-state index in [2.05, 4.69) is 10.3 Å². The van der Waals surface area contributed by atoms with Crippen LogP contribution in [0.4, 0.5) is 0 Å². The molecule has 25 heavy (non-hydrogen) atoms. The molecule has 1 aliphatic heterocycles. The van der Waals surface area contributed by atoms with Crippen molar-refractivity contribution in [1.29, 1.82) is 0 Å². The minimum atomic E-state index is -1.02. The van der Waals surface area contributed by atoms with Crippen LogP contribution in [0.1, 0.15) is 45.4 Å². The van der Waals surface area contributed by atoms with Crippen molar-refractivity contribution < 1.29 is 18.7 Å². The van der Waals surface area contributed by atoms with Crippen LogP contribution >= 0.6 is 11.8 Å². The van der Waals surface area contributed by atoms with E-state index >= 15 is 0 Å². The average Bonchev–Trinajstić information content (AvgIpc) is 2.98. The van der Waals surface area contributed by atoms with Gasteiger partial charge in [0, 0.05) is 18.7 Å². The van der Waals surface area contributed by atoms with Gasteiger partial charge in [-0.15, -0.1) is 11.8 Å². The molecule has 1 aromatic rings. The van der Waals surface area contributed by atoms with E-state index in [0.717, 1.165) is 6.42 Å². The summed E-state index contributed by atoms with van der Waals surface area (Å²) < 4.78 is 10.3. The summed E-state index contributed by atoms with van der Waals surface area (Å²) >= 11 is 1.28. The fraction of sp³-hybridized carbons (Fsp3) is 0.529. The number of hydrogen-bond donors (Lipinski definition) is 1. The summed E-state index contributed by atoms with van der Waals surface area (Å²) in [5, 5.41) is 3.25. The lowest BCUT2D eigenvalue weighted by Crippen LogP contribution is -2.45. The monoisotopic (exact) mass is 366 g/mol. The number of hydrogen-bond acceptors (Lipinski definition) is 7. The van der Waals surface area contributed by atoms with Gasteiger partial charge in [0.1, 0.15) is 22.1 Å². The van der Waals surface area contributed by atoms with Crippen LogP contribution < -0.4 is 15.7 Å². The molecule has 2 rings (SSSR count). The molecule has 0 saturated carbocycles. The van der Waals surface area contributed by atoms with Gasteiger partial charge in [0.15, 0.2) is 5.78 Å². The smallest absolute Gasteiger partial charge is 0.339 e. The van der Waals surface area contributed by atoms with E-state index < -0.39 is 17.2 Å². The Balaban J connectivity index is 2.25. The van der Waals surface area contributed by atoms with Crippen molar-refractivity contribution in [3.05, 3.63) is 28.3 Å². The van der Waals surface area contributed by atoms with Crippen LogP contribution in [-0.4, -0.2) is 35.1 Å². The second kappa shape index (κ2) is 7.86. The first-order chi connectivity index (χ1) is 11.8. The fourth-order valence-electron chi connectivity index (χ4n) is 2.44.